The molecule has 0 aliphatic rings. The van der Waals surface area contributed by atoms with Crippen LogP contribution in [0.4, 0.5) is 0 Å². The molecule has 0 heterocycles. The second-order valence-corrected chi connectivity index (χ2v) is 6.99. The van der Waals surface area contributed by atoms with Gasteiger partial charge in [-0.25, -0.2) is 0 Å². The number of nitrogens with one attached hydrogen (secondary N) is 1. The average Bonchev–Trinajstić information content (AvgIpc) is 2.61. The zero-order valence-corrected chi connectivity index (χ0v) is 16.8. The number of carbonyl (C=O) groups excluding carboxylic acids is 1. The Bertz CT molecular complexity index is 714. The molecule has 1 N–H and O–H groups in total. The van der Waals surface area contributed by atoms with Crippen LogP contribution in [0, 0.1) is 0 Å². The highest BCUT2D eigenvalue weighted by Gasteiger charge is 2.16. The summed E-state index contributed by atoms with van der Waals surface area (Å²) >= 11 is 3.42. The summed E-state index contributed by atoms with van der Waals surface area (Å²) in [7, 11) is 5.65. The number of halogens is 1. The normalized spacial score (nSPS) is 12.1. The van der Waals surface area contributed by atoms with Gasteiger partial charge < -0.3 is 15.0 Å². The van der Waals surface area contributed by atoms with E-state index in [1.807, 2.05) is 14.1 Å². The van der Waals surface area contributed by atoms with Crippen LogP contribution in [-0.2, 0) is 6.42 Å². The van der Waals surface area contributed by atoms with Gasteiger partial charge in [0.15, 0.2) is 0 Å². The molecule has 0 aliphatic heterocycles. The SMILES string of the molecule is CCc1ccc(C(CNC(=O)c2ccc(OC)c(Br)c2)N(C)C)cc1. The van der Waals surface area contributed by atoms with E-state index in [2.05, 4.69) is 57.3 Å². The number of ether oxygens (including phenoxy) is 1. The van der Waals surface area contributed by atoms with Crippen molar-refractivity contribution in [2.75, 3.05) is 27.7 Å². The fraction of sp³-hybridized carbons (Fsp3) is 0.350. The van der Waals surface area contributed by atoms with Gasteiger partial charge in [-0.2, -0.15) is 0 Å². The number of aryl methyl sites for hydroxylation is 1. The third-order valence-corrected chi connectivity index (χ3v) is 4.89. The molecule has 4 nitrogen and oxygen atoms in total. The zero-order chi connectivity index (χ0) is 18.4. The molecule has 0 aliphatic carbocycles. The van der Waals surface area contributed by atoms with E-state index < -0.39 is 0 Å². The number of likely N-dealkylation sites (N-methyl/N-ethyl adjacent to an activating group) is 1. The van der Waals surface area contributed by atoms with Crippen LogP contribution in [0.1, 0.15) is 34.5 Å². The first-order chi connectivity index (χ1) is 12.0. The van der Waals surface area contributed by atoms with Crippen molar-refractivity contribution in [2.24, 2.45) is 0 Å². The highest BCUT2D eigenvalue weighted by molar-refractivity contribution is 9.10. The summed E-state index contributed by atoms with van der Waals surface area (Å²) in [4.78, 5) is 14.6. The third-order valence-electron chi connectivity index (χ3n) is 4.27. The van der Waals surface area contributed by atoms with Crippen molar-refractivity contribution in [3.05, 3.63) is 63.6 Å². The maximum atomic E-state index is 12.5. The molecule has 5 heteroatoms. The Balaban J connectivity index is 2.07. The molecule has 0 fully saturated rings. The molecular weight excluding hydrogens is 380 g/mol. The Labute approximate surface area is 158 Å². The Morgan fingerprint density at radius 3 is 2.40 bits per heavy atom. The molecule has 0 spiro atoms. The second kappa shape index (κ2) is 9.02. The van der Waals surface area contributed by atoms with Gasteiger partial charge in [0.1, 0.15) is 5.75 Å². The van der Waals surface area contributed by atoms with Crippen molar-refractivity contribution in [2.45, 2.75) is 19.4 Å². The van der Waals surface area contributed by atoms with Crippen LogP contribution in [0.15, 0.2) is 46.9 Å². The van der Waals surface area contributed by atoms with Crippen LogP contribution in [0.5, 0.6) is 5.75 Å². The maximum Gasteiger partial charge on any atom is 0.251 e. The first-order valence-electron chi connectivity index (χ1n) is 8.33. The monoisotopic (exact) mass is 404 g/mol. The van der Waals surface area contributed by atoms with Crippen molar-refractivity contribution < 1.29 is 9.53 Å². The predicted octanol–water partition coefficient (Wildman–Crippen LogP) is 4.05. The largest absolute Gasteiger partial charge is 0.496 e. The quantitative estimate of drug-likeness (QED) is 0.756. The van der Waals surface area contributed by atoms with E-state index in [0.29, 0.717) is 17.9 Å². The van der Waals surface area contributed by atoms with Gasteiger partial charge >= 0.3 is 0 Å². The van der Waals surface area contributed by atoms with Gasteiger partial charge in [-0.05, 0) is 65.8 Å². The lowest BCUT2D eigenvalue weighted by molar-refractivity contribution is 0.0942. The van der Waals surface area contributed by atoms with Gasteiger partial charge in [0.25, 0.3) is 5.91 Å². The molecule has 0 radical (unpaired) electrons. The van der Waals surface area contributed by atoms with Crippen molar-refractivity contribution in [1.82, 2.24) is 10.2 Å². The van der Waals surface area contributed by atoms with Crippen molar-refractivity contribution in [3.8, 4) is 5.75 Å². The second-order valence-electron chi connectivity index (χ2n) is 6.13. The molecule has 25 heavy (non-hydrogen) atoms. The first kappa shape index (κ1) is 19.5. The molecule has 1 atom stereocenters. The van der Waals surface area contributed by atoms with Gasteiger partial charge in [0, 0.05) is 12.1 Å². The average molecular weight is 405 g/mol. The van der Waals surface area contributed by atoms with E-state index in [1.165, 1.54) is 11.1 Å². The molecule has 0 bridgehead atoms. The van der Waals surface area contributed by atoms with E-state index in [9.17, 15) is 4.79 Å². The number of rotatable bonds is 7. The van der Waals surface area contributed by atoms with Crippen molar-refractivity contribution >= 4 is 21.8 Å². The molecule has 2 aromatic carbocycles. The van der Waals surface area contributed by atoms with Gasteiger partial charge in [0.05, 0.1) is 17.6 Å². The van der Waals surface area contributed by atoms with Crippen LogP contribution < -0.4 is 10.1 Å². The van der Waals surface area contributed by atoms with Crippen LogP contribution in [0.25, 0.3) is 0 Å². The van der Waals surface area contributed by atoms with Crippen LogP contribution >= 0.6 is 15.9 Å². The van der Waals surface area contributed by atoms with Crippen molar-refractivity contribution in [3.63, 3.8) is 0 Å². The summed E-state index contributed by atoms with van der Waals surface area (Å²) in [5.41, 5.74) is 3.11. The summed E-state index contributed by atoms with van der Waals surface area (Å²) in [5, 5.41) is 3.03. The fourth-order valence-corrected chi connectivity index (χ4v) is 3.21. The van der Waals surface area contributed by atoms with Gasteiger partial charge in [-0.1, -0.05) is 31.2 Å². The summed E-state index contributed by atoms with van der Waals surface area (Å²) < 4.78 is 5.97. The number of methoxy groups -OCH3 is 1. The topological polar surface area (TPSA) is 41.6 Å². The van der Waals surface area contributed by atoms with Crippen LogP contribution in [-0.4, -0.2) is 38.6 Å². The van der Waals surface area contributed by atoms with Crippen molar-refractivity contribution in [1.29, 1.82) is 0 Å². The number of benzene rings is 2. The van der Waals surface area contributed by atoms with E-state index >= 15 is 0 Å². The minimum Gasteiger partial charge on any atom is -0.496 e. The van der Waals surface area contributed by atoms with E-state index in [-0.39, 0.29) is 11.9 Å². The number of nitrogens with zero attached hydrogens (tertiary/aromatic N) is 1. The molecule has 0 saturated heterocycles. The fourth-order valence-electron chi connectivity index (χ4n) is 2.67. The Morgan fingerprint density at radius 1 is 1.20 bits per heavy atom. The first-order valence-corrected chi connectivity index (χ1v) is 9.12. The lowest BCUT2D eigenvalue weighted by Gasteiger charge is -2.25. The summed E-state index contributed by atoms with van der Waals surface area (Å²) in [6.45, 7) is 2.69. The predicted molar refractivity (Wildman–Crippen MR) is 105 cm³/mol. The molecule has 1 unspecified atom stereocenters. The Morgan fingerprint density at radius 2 is 1.88 bits per heavy atom. The Kier molecular flexibility index (Phi) is 7.02. The number of amides is 1. The van der Waals surface area contributed by atoms with Gasteiger partial charge in [0.2, 0.25) is 0 Å². The zero-order valence-electron chi connectivity index (χ0n) is 15.2. The molecule has 0 saturated carbocycles. The highest BCUT2D eigenvalue weighted by Crippen LogP contribution is 2.25. The lowest BCUT2D eigenvalue weighted by Crippen LogP contribution is -2.34. The minimum atomic E-state index is -0.0969. The highest BCUT2D eigenvalue weighted by atomic mass is 79.9. The van der Waals surface area contributed by atoms with Gasteiger partial charge in [-0.3, -0.25) is 4.79 Å². The molecule has 134 valence electrons. The molecule has 2 rings (SSSR count). The molecule has 0 aromatic heterocycles. The molecule has 2 aromatic rings. The van der Waals surface area contributed by atoms with Crippen LogP contribution in [0.2, 0.25) is 0 Å². The van der Waals surface area contributed by atoms with E-state index in [0.717, 1.165) is 10.9 Å². The summed E-state index contributed by atoms with van der Waals surface area (Å²) in [6, 6.07) is 14.0. The molecule has 1 amide bonds. The minimum absolute atomic E-state index is 0.0969. The summed E-state index contributed by atoms with van der Waals surface area (Å²) in [5.74, 6) is 0.610. The van der Waals surface area contributed by atoms with Gasteiger partial charge in [-0.15, -0.1) is 0 Å². The third kappa shape index (κ3) is 5.06. The number of carbonyl (C=O) groups is 1. The number of hydrogen-bond donors (Lipinski definition) is 1. The van der Waals surface area contributed by atoms with E-state index in [1.54, 1.807) is 25.3 Å². The lowest BCUT2D eigenvalue weighted by atomic mass is 10.0. The Hall–Kier alpha value is -1.85. The smallest absolute Gasteiger partial charge is 0.251 e. The molecular formula is C20H25BrN2O2. The number of hydrogen-bond acceptors (Lipinski definition) is 3. The van der Waals surface area contributed by atoms with Crippen LogP contribution in [0.3, 0.4) is 0 Å². The standard InChI is InChI=1S/C20H25BrN2O2/c1-5-14-6-8-15(9-7-14)18(23(2)3)13-22-20(24)16-10-11-19(25-4)17(21)12-16/h6-12,18H,5,13H2,1-4H3,(H,22,24). The summed E-state index contributed by atoms with van der Waals surface area (Å²) in [6.07, 6.45) is 1.02. The van der Waals surface area contributed by atoms with E-state index in [4.69, 9.17) is 4.74 Å². The maximum absolute atomic E-state index is 12.5.